The molecule has 0 saturated heterocycles. The lowest BCUT2D eigenvalue weighted by Gasteiger charge is -2.12. The summed E-state index contributed by atoms with van der Waals surface area (Å²) in [7, 11) is 0. The van der Waals surface area contributed by atoms with E-state index in [1.54, 1.807) is 17.0 Å². The first-order valence-electron chi connectivity index (χ1n) is 6.80. The standard InChI is InChI=1S/C16H15FN4O/c17-12-6-4-10(5-7-12)13-3-1-2-11-8-21(9-14(11)13)16(22)20-15(18)19/h1-7H,8-9H2,(H4,18,19,20,22). The van der Waals surface area contributed by atoms with Crippen molar-refractivity contribution in [3.05, 3.63) is 59.4 Å². The number of carbonyl (C=O) groups excluding carboxylic acids is 1. The van der Waals surface area contributed by atoms with Crippen molar-refractivity contribution < 1.29 is 9.18 Å². The minimum atomic E-state index is -0.457. The Morgan fingerprint density at radius 3 is 2.50 bits per heavy atom. The molecule has 1 heterocycles. The second-order valence-electron chi connectivity index (χ2n) is 5.13. The van der Waals surface area contributed by atoms with E-state index in [9.17, 15) is 9.18 Å². The van der Waals surface area contributed by atoms with Gasteiger partial charge in [0, 0.05) is 13.1 Å². The molecular formula is C16H15FN4O. The highest BCUT2D eigenvalue weighted by Crippen LogP contribution is 2.33. The summed E-state index contributed by atoms with van der Waals surface area (Å²) in [5.74, 6) is -0.527. The molecule has 4 N–H and O–H groups in total. The number of urea groups is 1. The zero-order chi connectivity index (χ0) is 15.7. The van der Waals surface area contributed by atoms with Gasteiger partial charge in [0.2, 0.25) is 0 Å². The fourth-order valence-corrected chi connectivity index (χ4v) is 2.64. The Morgan fingerprint density at radius 1 is 1.09 bits per heavy atom. The highest BCUT2D eigenvalue weighted by Gasteiger charge is 2.25. The van der Waals surface area contributed by atoms with E-state index >= 15 is 0 Å². The van der Waals surface area contributed by atoms with Crippen LogP contribution in [0.2, 0.25) is 0 Å². The summed E-state index contributed by atoms with van der Waals surface area (Å²) in [4.78, 5) is 17.1. The number of nitrogens with zero attached hydrogens (tertiary/aromatic N) is 2. The number of hydrogen-bond acceptors (Lipinski definition) is 1. The number of amides is 2. The van der Waals surface area contributed by atoms with Gasteiger partial charge in [0.25, 0.3) is 0 Å². The summed E-state index contributed by atoms with van der Waals surface area (Å²) in [5, 5.41) is 0. The van der Waals surface area contributed by atoms with Crippen LogP contribution in [0.4, 0.5) is 9.18 Å². The van der Waals surface area contributed by atoms with Crippen molar-refractivity contribution in [1.82, 2.24) is 4.90 Å². The zero-order valence-corrected chi connectivity index (χ0v) is 11.8. The Bertz CT molecular complexity index is 751. The van der Waals surface area contributed by atoms with Gasteiger partial charge in [-0.15, -0.1) is 0 Å². The molecule has 0 bridgehead atoms. The molecule has 0 unspecified atom stereocenters. The highest BCUT2D eigenvalue weighted by atomic mass is 19.1. The first-order chi connectivity index (χ1) is 10.5. The summed E-state index contributed by atoms with van der Waals surface area (Å²) in [6.45, 7) is 0.887. The number of guanidine groups is 1. The van der Waals surface area contributed by atoms with Gasteiger partial charge in [0.05, 0.1) is 0 Å². The maximum absolute atomic E-state index is 13.1. The normalized spacial score (nSPS) is 12.9. The molecule has 0 saturated carbocycles. The van der Waals surface area contributed by atoms with Crippen LogP contribution in [-0.4, -0.2) is 16.9 Å². The van der Waals surface area contributed by atoms with Crippen molar-refractivity contribution in [1.29, 1.82) is 0 Å². The number of rotatable bonds is 1. The predicted molar refractivity (Wildman–Crippen MR) is 82.3 cm³/mol. The lowest BCUT2D eigenvalue weighted by atomic mass is 9.97. The molecule has 0 fully saturated rings. The minimum Gasteiger partial charge on any atom is -0.370 e. The Hall–Kier alpha value is -2.89. The highest BCUT2D eigenvalue weighted by molar-refractivity contribution is 5.91. The van der Waals surface area contributed by atoms with Gasteiger partial charge in [-0.1, -0.05) is 30.3 Å². The van der Waals surface area contributed by atoms with Crippen LogP contribution in [0.1, 0.15) is 11.1 Å². The largest absolute Gasteiger partial charge is 0.370 e. The summed E-state index contributed by atoms with van der Waals surface area (Å²) < 4.78 is 13.1. The van der Waals surface area contributed by atoms with Crippen LogP contribution in [0.25, 0.3) is 11.1 Å². The van der Waals surface area contributed by atoms with Gasteiger partial charge in [-0.25, -0.2) is 9.18 Å². The van der Waals surface area contributed by atoms with Crippen LogP contribution >= 0.6 is 0 Å². The molecule has 0 aromatic heterocycles. The van der Waals surface area contributed by atoms with E-state index in [1.165, 1.54) is 12.1 Å². The summed E-state index contributed by atoms with van der Waals surface area (Å²) >= 11 is 0. The van der Waals surface area contributed by atoms with Crippen LogP contribution in [0, 0.1) is 5.82 Å². The molecule has 6 heteroatoms. The Labute approximate surface area is 127 Å². The van der Waals surface area contributed by atoms with Gasteiger partial charge in [0.15, 0.2) is 5.96 Å². The van der Waals surface area contributed by atoms with Gasteiger partial charge in [-0.2, -0.15) is 4.99 Å². The average molecular weight is 298 g/mol. The van der Waals surface area contributed by atoms with Gasteiger partial charge < -0.3 is 16.4 Å². The molecule has 2 amide bonds. The van der Waals surface area contributed by atoms with E-state index in [2.05, 4.69) is 4.99 Å². The second-order valence-corrected chi connectivity index (χ2v) is 5.13. The fourth-order valence-electron chi connectivity index (χ4n) is 2.64. The molecule has 0 atom stereocenters. The first kappa shape index (κ1) is 14.1. The molecule has 1 aliphatic heterocycles. The number of carbonyl (C=O) groups is 1. The molecule has 1 aliphatic rings. The zero-order valence-electron chi connectivity index (χ0n) is 11.8. The third kappa shape index (κ3) is 2.63. The van der Waals surface area contributed by atoms with Crippen LogP contribution in [0.15, 0.2) is 47.5 Å². The van der Waals surface area contributed by atoms with Crippen LogP contribution in [0.5, 0.6) is 0 Å². The van der Waals surface area contributed by atoms with E-state index in [0.717, 1.165) is 22.3 Å². The van der Waals surface area contributed by atoms with E-state index in [1.807, 2.05) is 18.2 Å². The van der Waals surface area contributed by atoms with Gasteiger partial charge >= 0.3 is 6.03 Å². The van der Waals surface area contributed by atoms with Crippen molar-refractivity contribution in [3.63, 3.8) is 0 Å². The van der Waals surface area contributed by atoms with E-state index in [4.69, 9.17) is 11.5 Å². The fraction of sp³-hybridized carbons (Fsp3) is 0.125. The quantitative estimate of drug-likeness (QED) is 0.625. The van der Waals surface area contributed by atoms with Gasteiger partial charge in [-0.05, 0) is 34.4 Å². The lowest BCUT2D eigenvalue weighted by molar-refractivity contribution is 0.209. The third-order valence-electron chi connectivity index (χ3n) is 3.63. The van der Waals surface area contributed by atoms with E-state index < -0.39 is 6.03 Å². The number of hydrogen-bond donors (Lipinski definition) is 2. The summed E-state index contributed by atoms with van der Waals surface area (Å²) in [6.07, 6.45) is 0. The lowest BCUT2D eigenvalue weighted by Crippen LogP contribution is -2.29. The van der Waals surface area contributed by atoms with E-state index in [-0.39, 0.29) is 11.8 Å². The van der Waals surface area contributed by atoms with Crippen molar-refractivity contribution in [2.45, 2.75) is 13.1 Å². The molecule has 5 nitrogen and oxygen atoms in total. The summed E-state index contributed by atoms with van der Waals surface area (Å²) in [6, 6.07) is 11.7. The average Bonchev–Trinajstić information content (AvgIpc) is 2.91. The minimum absolute atomic E-state index is 0.250. The Balaban J connectivity index is 1.94. The van der Waals surface area contributed by atoms with Crippen molar-refractivity contribution >= 4 is 12.0 Å². The number of aliphatic imine (C=N–C) groups is 1. The van der Waals surface area contributed by atoms with E-state index in [0.29, 0.717) is 13.1 Å². The molecule has 0 radical (unpaired) electrons. The molecule has 112 valence electrons. The first-order valence-corrected chi connectivity index (χ1v) is 6.80. The number of benzene rings is 2. The molecular weight excluding hydrogens is 283 g/mol. The molecule has 2 aromatic rings. The van der Waals surface area contributed by atoms with Crippen LogP contribution in [0.3, 0.4) is 0 Å². The summed E-state index contributed by atoms with van der Waals surface area (Å²) in [5.41, 5.74) is 14.5. The Kier molecular flexibility index (Phi) is 3.50. The monoisotopic (exact) mass is 298 g/mol. The molecule has 0 spiro atoms. The van der Waals surface area contributed by atoms with Gasteiger partial charge in [0.1, 0.15) is 5.82 Å². The van der Waals surface area contributed by atoms with Crippen molar-refractivity contribution in [3.8, 4) is 11.1 Å². The Morgan fingerprint density at radius 2 is 1.82 bits per heavy atom. The van der Waals surface area contributed by atoms with Crippen molar-refractivity contribution in [2.24, 2.45) is 16.5 Å². The van der Waals surface area contributed by atoms with Gasteiger partial charge in [-0.3, -0.25) is 0 Å². The number of fused-ring (bicyclic) bond motifs is 1. The molecule has 3 rings (SSSR count). The van der Waals surface area contributed by atoms with Crippen LogP contribution in [-0.2, 0) is 13.1 Å². The second kappa shape index (κ2) is 5.48. The smallest absolute Gasteiger partial charge is 0.347 e. The van der Waals surface area contributed by atoms with Crippen LogP contribution < -0.4 is 11.5 Å². The topological polar surface area (TPSA) is 84.7 Å². The maximum atomic E-state index is 13.1. The molecule has 0 aliphatic carbocycles. The maximum Gasteiger partial charge on any atom is 0.347 e. The third-order valence-corrected chi connectivity index (χ3v) is 3.63. The van der Waals surface area contributed by atoms with Crippen molar-refractivity contribution in [2.75, 3.05) is 0 Å². The predicted octanol–water partition coefficient (Wildman–Crippen LogP) is 2.20. The molecule has 22 heavy (non-hydrogen) atoms. The number of nitrogens with two attached hydrogens (primary N) is 2. The molecule has 2 aromatic carbocycles. The number of halogens is 1. The SMILES string of the molecule is NC(N)=NC(=O)N1Cc2cccc(-c3ccc(F)cc3)c2C1.